The molecule has 2 aromatic carbocycles. The van der Waals surface area contributed by atoms with E-state index in [1.54, 1.807) is 6.20 Å². The van der Waals surface area contributed by atoms with Gasteiger partial charge in [0, 0.05) is 55.3 Å². The number of carbonyl (C=O) groups is 2. The van der Waals surface area contributed by atoms with Crippen LogP contribution < -0.4 is 15.5 Å². The standard InChI is InChI=1S/C27H32N4O3/c1-19-8-10-21(11-9-19)24-18-28-27(34-24)13-12-25(32)29-20(2)16-26(33)30-22-6-5-7-23(17-22)31-14-3-4-15-31/h5-11,17-18,20H,3-4,12-16H2,1-2H3,(H,29,32)(H,30,33). The van der Waals surface area contributed by atoms with Gasteiger partial charge in [0.15, 0.2) is 11.7 Å². The van der Waals surface area contributed by atoms with E-state index in [4.69, 9.17) is 4.42 Å². The lowest BCUT2D eigenvalue weighted by atomic mass is 10.1. The molecule has 1 aliphatic rings. The van der Waals surface area contributed by atoms with Gasteiger partial charge in [-0.15, -0.1) is 0 Å². The Hall–Kier alpha value is -3.61. The van der Waals surface area contributed by atoms with E-state index in [0.29, 0.717) is 18.1 Å². The molecule has 1 aromatic heterocycles. The van der Waals surface area contributed by atoms with Gasteiger partial charge in [0.25, 0.3) is 0 Å². The normalized spacial score (nSPS) is 14.1. The Kier molecular flexibility index (Phi) is 7.62. The van der Waals surface area contributed by atoms with Gasteiger partial charge in [-0.2, -0.15) is 0 Å². The first-order valence-electron chi connectivity index (χ1n) is 11.9. The number of hydrogen-bond acceptors (Lipinski definition) is 5. The van der Waals surface area contributed by atoms with E-state index in [0.717, 1.165) is 30.0 Å². The van der Waals surface area contributed by atoms with Crippen molar-refractivity contribution in [3.05, 3.63) is 66.2 Å². The molecule has 1 saturated heterocycles. The zero-order chi connectivity index (χ0) is 23.9. The van der Waals surface area contributed by atoms with Gasteiger partial charge in [-0.1, -0.05) is 35.9 Å². The molecule has 34 heavy (non-hydrogen) atoms. The van der Waals surface area contributed by atoms with E-state index < -0.39 is 0 Å². The number of oxazole rings is 1. The second kappa shape index (κ2) is 11.0. The van der Waals surface area contributed by atoms with Gasteiger partial charge in [-0.05, 0) is 44.9 Å². The zero-order valence-electron chi connectivity index (χ0n) is 19.8. The summed E-state index contributed by atoms with van der Waals surface area (Å²) >= 11 is 0. The average molecular weight is 461 g/mol. The first kappa shape index (κ1) is 23.5. The molecule has 2 heterocycles. The molecular weight excluding hydrogens is 428 g/mol. The Morgan fingerprint density at radius 3 is 2.62 bits per heavy atom. The molecule has 3 aromatic rings. The third kappa shape index (κ3) is 6.47. The van der Waals surface area contributed by atoms with Crippen molar-refractivity contribution in [1.29, 1.82) is 0 Å². The lowest BCUT2D eigenvalue weighted by Gasteiger charge is -2.19. The van der Waals surface area contributed by atoms with Gasteiger partial charge in [-0.3, -0.25) is 9.59 Å². The molecule has 0 radical (unpaired) electrons. The lowest BCUT2D eigenvalue weighted by molar-refractivity contribution is -0.122. The largest absolute Gasteiger partial charge is 0.441 e. The van der Waals surface area contributed by atoms with Crippen LogP contribution in [-0.2, 0) is 16.0 Å². The number of nitrogens with one attached hydrogen (secondary N) is 2. The summed E-state index contributed by atoms with van der Waals surface area (Å²) in [7, 11) is 0. The predicted molar refractivity (Wildman–Crippen MR) is 134 cm³/mol. The summed E-state index contributed by atoms with van der Waals surface area (Å²) in [6.07, 6.45) is 4.95. The topological polar surface area (TPSA) is 87.5 Å². The summed E-state index contributed by atoms with van der Waals surface area (Å²) in [5.74, 6) is 0.955. The molecule has 2 N–H and O–H groups in total. The Bertz CT molecular complexity index is 1120. The van der Waals surface area contributed by atoms with Crippen LogP contribution in [0.1, 0.15) is 44.1 Å². The van der Waals surface area contributed by atoms with Crippen LogP contribution in [-0.4, -0.2) is 35.9 Å². The number of benzene rings is 2. The molecule has 178 valence electrons. The van der Waals surface area contributed by atoms with Crippen LogP contribution >= 0.6 is 0 Å². The number of amides is 2. The number of aryl methyl sites for hydroxylation is 2. The van der Waals surface area contributed by atoms with Crippen molar-refractivity contribution in [3.8, 4) is 11.3 Å². The van der Waals surface area contributed by atoms with Crippen molar-refractivity contribution in [2.45, 2.75) is 52.0 Å². The molecule has 1 aliphatic heterocycles. The smallest absolute Gasteiger partial charge is 0.226 e. The van der Waals surface area contributed by atoms with Gasteiger partial charge < -0.3 is 20.0 Å². The van der Waals surface area contributed by atoms with Gasteiger partial charge in [0.05, 0.1) is 6.20 Å². The second-order valence-electron chi connectivity index (χ2n) is 8.95. The number of rotatable bonds is 9. The molecule has 0 aliphatic carbocycles. The Balaban J connectivity index is 1.21. The number of hydrogen-bond donors (Lipinski definition) is 2. The maximum atomic E-state index is 12.5. The molecule has 0 saturated carbocycles. The van der Waals surface area contributed by atoms with Crippen LogP contribution in [0.3, 0.4) is 0 Å². The van der Waals surface area contributed by atoms with Crippen LogP contribution in [0.2, 0.25) is 0 Å². The first-order valence-corrected chi connectivity index (χ1v) is 11.9. The molecule has 2 amide bonds. The molecule has 4 rings (SSSR count). The van der Waals surface area contributed by atoms with Gasteiger partial charge in [0.2, 0.25) is 11.8 Å². The van der Waals surface area contributed by atoms with Gasteiger partial charge >= 0.3 is 0 Å². The van der Waals surface area contributed by atoms with Crippen molar-refractivity contribution in [3.63, 3.8) is 0 Å². The first-order chi connectivity index (χ1) is 16.5. The van der Waals surface area contributed by atoms with Crippen molar-refractivity contribution >= 4 is 23.2 Å². The van der Waals surface area contributed by atoms with E-state index in [1.807, 2.05) is 56.3 Å². The monoisotopic (exact) mass is 460 g/mol. The van der Waals surface area contributed by atoms with Gasteiger partial charge in [-0.25, -0.2) is 4.98 Å². The highest BCUT2D eigenvalue weighted by atomic mass is 16.4. The molecule has 1 fully saturated rings. The second-order valence-corrected chi connectivity index (χ2v) is 8.95. The van der Waals surface area contributed by atoms with Crippen LogP contribution in [0.4, 0.5) is 11.4 Å². The fourth-order valence-corrected chi connectivity index (χ4v) is 4.14. The van der Waals surface area contributed by atoms with E-state index in [2.05, 4.69) is 26.6 Å². The third-order valence-electron chi connectivity index (χ3n) is 5.96. The van der Waals surface area contributed by atoms with E-state index in [-0.39, 0.29) is 30.7 Å². The Morgan fingerprint density at radius 1 is 1.09 bits per heavy atom. The fraction of sp³-hybridized carbons (Fsp3) is 0.370. The van der Waals surface area contributed by atoms with Gasteiger partial charge in [0.1, 0.15) is 0 Å². The molecule has 0 spiro atoms. The maximum absolute atomic E-state index is 12.5. The minimum atomic E-state index is -0.276. The van der Waals surface area contributed by atoms with Crippen LogP contribution in [0.5, 0.6) is 0 Å². The number of aromatic nitrogens is 1. The van der Waals surface area contributed by atoms with Crippen molar-refractivity contribution in [2.24, 2.45) is 0 Å². The third-order valence-corrected chi connectivity index (χ3v) is 5.96. The van der Waals surface area contributed by atoms with Crippen LogP contribution in [0, 0.1) is 6.92 Å². The molecule has 7 nitrogen and oxygen atoms in total. The lowest BCUT2D eigenvalue weighted by Crippen LogP contribution is -2.35. The Labute approximate surface area is 200 Å². The predicted octanol–water partition coefficient (Wildman–Crippen LogP) is 4.72. The van der Waals surface area contributed by atoms with Crippen molar-refractivity contribution < 1.29 is 14.0 Å². The van der Waals surface area contributed by atoms with Crippen molar-refractivity contribution in [2.75, 3.05) is 23.3 Å². The zero-order valence-corrected chi connectivity index (χ0v) is 19.8. The van der Waals surface area contributed by atoms with E-state index in [9.17, 15) is 9.59 Å². The summed E-state index contributed by atoms with van der Waals surface area (Å²) in [5, 5.41) is 5.84. The Morgan fingerprint density at radius 2 is 1.85 bits per heavy atom. The van der Waals surface area contributed by atoms with E-state index >= 15 is 0 Å². The maximum Gasteiger partial charge on any atom is 0.226 e. The quantitative estimate of drug-likeness (QED) is 0.483. The molecule has 1 unspecified atom stereocenters. The van der Waals surface area contributed by atoms with Crippen LogP contribution in [0.25, 0.3) is 11.3 Å². The average Bonchev–Trinajstić information content (AvgIpc) is 3.51. The minimum Gasteiger partial charge on any atom is -0.441 e. The number of anilines is 2. The summed E-state index contributed by atoms with van der Waals surface area (Å²) in [6, 6.07) is 15.7. The van der Waals surface area contributed by atoms with E-state index in [1.165, 1.54) is 18.4 Å². The summed E-state index contributed by atoms with van der Waals surface area (Å²) < 4.78 is 5.78. The summed E-state index contributed by atoms with van der Waals surface area (Å²) in [4.78, 5) is 31.4. The SMILES string of the molecule is Cc1ccc(-c2cnc(CCC(=O)NC(C)CC(=O)Nc3cccc(N4CCCC4)c3)o2)cc1. The molecule has 1 atom stereocenters. The molecule has 7 heteroatoms. The highest BCUT2D eigenvalue weighted by Crippen LogP contribution is 2.24. The van der Waals surface area contributed by atoms with Crippen molar-refractivity contribution in [1.82, 2.24) is 10.3 Å². The fourth-order valence-electron chi connectivity index (χ4n) is 4.14. The van der Waals surface area contributed by atoms with Crippen LogP contribution in [0.15, 0.2) is 59.1 Å². The highest BCUT2D eigenvalue weighted by molar-refractivity contribution is 5.92. The minimum absolute atomic E-state index is 0.123. The number of nitrogens with zero attached hydrogens (tertiary/aromatic N) is 2. The highest BCUT2D eigenvalue weighted by Gasteiger charge is 2.16. The number of carbonyl (C=O) groups excluding carboxylic acids is 2. The summed E-state index contributed by atoms with van der Waals surface area (Å²) in [5.41, 5.74) is 4.05. The summed E-state index contributed by atoms with van der Waals surface area (Å²) in [6.45, 7) is 5.98. The molecule has 0 bridgehead atoms. The molecular formula is C27H32N4O3.